The molecule has 0 spiro atoms. The molecule has 0 heterocycles. The van der Waals surface area contributed by atoms with E-state index >= 15 is 0 Å². The van der Waals surface area contributed by atoms with Crippen molar-refractivity contribution in [3.8, 4) is 0 Å². The summed E-state index contributed by atoms with van der Waals surface area (Å²) in [6, 6.07) is 0. The Bertz CT molecular complexity index is 169. The molecule has 0 aromatic heterocycles. The molecule has 0 unspecified atom stereocenters. The first-order valence-electron chi connectivity index (χ1n) is 5.96. The maximum atomic E-state index is 5.11. The summed E-state index contributed by atoms with van der Waals surface area (Å²) in [7, 11) is 3.98. The van der Waals surface area contributed by atoms with E-state index in [4.69, 9.17) is 4.74 Å². The Kier molecular flexibility index (Phi) is 6.17. The highest BCUT2D eigenvalue weighted by Crippen LogP contribution is 2.38. The number of nitrogens with zero attached hydrogens (tertiary/aromatic N) is 1. The van der Waals surface area contributed by atoms with Crippen LogP contribution in [0, 0.1) is 5.41 Å². The number of methoxy groups -OCH3 is 1. The van der Waals surface area contributed by atoms with Gasteiger partial charge in [0.25, 0.3) is 0 Å². The summed E-state index contributed by atoms with van der Waals surface area (Å²) in [4.78, 5) is 2.41. The highest BCUT2D eigenvalue weighted by Gasteiger charge is 2.31. The third-order valence-corrected chi connectivity index (χ3v) is 4.67. The minimum Gasteiger partial charge on any atom is -0.383 e. The van der Waals surface area contributed by atoms with Gasteiger partial charge in [0.15, 0.2) is 0 Å². The quantitative estimate of drug-likeness (QED) is 0.693. The zero-order chi connectivity index (χ0) is 11.1. The first kappa shape index (κ1) is 13.5. The Morgan fingerprint density at radius 2 is 1.93 bits per heavy atom. The second-order valence-corrected chi connectivity index (χ2v) is 5.49. The van der Waals surface area contributed by atoms with Crippen molar-refractivity contribution < 1.29 is 4.74 Å². The summed E-state index contributed by atoms with van der Waals surface area (Å²) >= 11 is 3.71. The van der Waals surface area contributed by atoms with Gasteiger partial charge in [-0.2, -0.15) is 0 Å². The smallest absolute Gasteiger partial charge is 0.0589 e. The van der Waals surface area contributed by atoms with Crippen LogP contribution in [0.5, 0.6) is 0 Å². The van der Waals surface area contributed by atoms with E-state index in [-0.39, 0.29) is 0 Å². The molecule has 0 aromatic carbocycles. The largest absolute Gasteiger partial charge is 0.383 e. The molecule has 1 aliphatic rings. The zero-order valence-corrected chi connectivity index (χ0v) is 11.7. The van der Waals surface area contributed by atoms with Gasteiger partial charge in [0.2, 0.25) is 0 Å². The van der Waals surface area contributed by atoms with Gasteiger partial charge in [-0.15, -0.1) is 0 Å². The molecule has 1 saturated carbocycles. The average molecular weight is 278 g/mol. The number of alkyl halides is 1. The summed E-state index contributed by atoms with van der Waals surface area (Å²) in [5, 5.41) is 1.15. The highest BCUT2D eigenvalue weighted by atomic mass is 79.9. The molecular weight excluding hydrogens is 254 g/mol. The van der Waals surface area contributed by atoms with Crippen molar-refractivity contribution in [2.75, 3.05) is 39.2 Å². The van der Waals surface area contributed by atoms with E-state index in [9.17, 15) is 0 Å². The van der Waals surface area contributed by atoms with Gasteiger partial charge in [-0.1, -0.05) is 35.2 Å². The molecule has 0 aliphatic heterocycles. The summed E-state index contributed by atoms with van der Waals surface area (Å²) in [6.45, 7) is 3.10. The monoisotopic (exact) mass is 277 g/mol. The molecule has 3 heteroatoms. The van der Waals surface area contributed by atoms with Crippen molar-refractivity contribution in [1.29, 1.82) is 0 Å². The number of halogens is 1. The Morgan fingerprint density at radius 3 is 2.47 bits per heavy atom. The number of hydrogen-bond acceptors (Lipinski definition) is 2. The molecule has 0 radical (unpaired) electrons. The van der Waals surface area contributed by atoms with Gasteiger partial charge in [0.1, 0.15) is 0 Å². The van der Waals surface area contributed by atoms with Crippen LogP contribution in [0.3, 0.4) is 0 Å². The van der Waals surface area contributed by atoms with E-state index in [0.717, 1.165) is 18.5 Å². The second kappa shape index (κ2) is 6.87. The third kappa shape index (κ3) is 4.41. The van der Waals surface area contributed by atoms with Crippen LogP contribution in [0.4, 0.5) is 0 Å². The molecule has 1 rings (SSSR count). The minimum absolute atomic E-state index is 0.529. The van der Waals surface area contributed by atoms with E-state index < -0.39 is 0 Å². The molecule has 0 N–H and O–H groups in total. The van der Waals surface area contributed by atoms with E-state index in [1.165, 1.54) is 38.6 Å². The Balaban J connectivity index is 2.37. The van der Waals surface area contributed by atoms with Crippen LogP contribution in [-0.4, -0.2) is 44.1 Å². The number of likely N-dealkylation sites (N-methyl/N-ethyl adjacent to an activating group) is 1. The molecule has 1 fully saturated rings. The summed E-state index contributed by atoms with van der Waals surface area (Å²) in [5.41, 5.74) is 0.529. The van der Waals surface area contributed by atoms with Gasteiger partial charge in [0, 0.05) is 25.5 Å². The van der Waals surface area contributed by atoms with Crippen LogP contribution >= 0.6 is 15.9 Å². The van der Waals surface area contributed by atoms with Crippen LogP contribution < -0.4 is 0 Å². The molecule has 90 valence electrons. The number of hydrogen-bond donors (Lipinski definition) is 0. The molecule has 0 atom stereocenters. The topological polar surface area (TPSA) is 12.5 Å². The SMILES string of the molecule is COCCN(C)CC1(CBr)CCCCC1. The van der Waals surface area contributed by atoms with Crippen molar-refractivity contribution >= 4 is 15.9 Å². The summed E-state index contributed by atoms with van der Waals surface area (Å²) < 4.78 is 5.11. The lowest BCUT2D eigenvalue weighted by Crippen LogP contribution is -2.39. The van der Waals surface area contributed by atoms with Crippen molar-refractivity contribution in [1.82, 2.24) is 4.90 Å². The van der Waals surface area contributed by atoms with Gasteiger partial charge in [-0.25, -0.2) is 0 Å². The fraction of sp³-hybridized carbons (Fsp3) is 1.00. The standard InChI is InChI=1S/C12H24BrNO/c1-14(8-9-15-2)11-12(10-13)6-4-3-5-7-12/h3-11H2,1-2H3. The molecular formula is C12H24BrNO. The van der Waals surface area contributed by atoms with Gasteiger partial charge >= 0.3 is 0 Å². The highest BCUT2D eigenvalue weighted by molar-refractivity contribution is 9.09. The molecule has 15 heavy (non-hydrogen) atoms. The van der Waals surface area contributed by atoms with E-state index in [1.807, 2.05) is 0 Å². The van der Waals surface area contributed by atoms with Crippen LogP contribution in [0.2, 0.25) is 0 Å². The van der Waals surface area contributed by atoms with Gasteiger partial charge in [-0.3, -0.25) is 0 Å². The number of ether oxygens (including phenoxy) is 1. The Morgan fingerprint density at radius 1 is 1.27 bits per heavy atom. The van der Waals surface area contributed by atoms with Gasteiger partial charge < -0.3 is 9.64 Å². The van der Waals surface area contributed by atoms with Crippen LogP contribution in [0.15, 0.2) is 0 Å². The molecule has 0 aromatic rings. The summed E-state index contributed by atoms with van der Waals surface area (Å²) in [5.74, 6) is 0. The van der Waals surface area contributed by atoms with Crippen molar-refractivity contribution in [2.24, 2.45) is 5.41 Å². The third-order valence-electron chi connectivity index (χ3n) is 3.48. The summed E-state index contributed by atoms with van der Waals surface area (Å²) in [6.07, 6.45) is 7.01. The maximum absolute atomic E-state index is 5.11. The predicted molar refractivity (Wildman–Crippen MR) is 68.7 cm³/mol. The predicted octanol–water partition coefficient (Wildman–Crippen LogP) is 2.91. The first-order chi connectivity index (χ1) is 7.22. The fourth-order valence-corrected chi connectivity index (χ4v) is 3.27. The molecule has 0 bridgehead atoms. The Hall–Kier alpha value is 0.400. The average Bonchev–Trinajstić information content (AvgIpc) is 2.27. The van der Waals surface area contributed by atoms with Crippen LogP contribution in [0.1, 0.15) is 32.1 Å². The van der Waals surface area contributed by atoms with Gasteiger partial charge in [-0.05, 0) is 25.3 Å². The second-order valence-electron chi connectivity index (χ2n) is 4.92. The van der Waals surface area contributed by atoms with Crippen LogP contribution in [-0.2, 0) is 4.74 Å². The normalized spacial score (nSPS) is 20.8. The van der Waals surface area contributed by atoms with Gasteiger partial charge in [0.05, 0.1) is 6.61 Å². The Labute approximate surface area is 102 Å². The lowest BCUT2D eigenvalue weighted by Gasteiger charge is -2.38. The first-order valence-corrected chi connectivity index (χ1v) is 7.08. The number of rotatable bonds is 6. The lowest BCUT2D eigenvalue weighted by molar-refractivity contribution is 0.111. The van der Waals surface area contributed by atoms with Crippen molar-refractivity contribution in [2.45, 2.75) is 32.1 Å². The minimum atomic E-state index is 0.529. The lowest BCUT2D eigenvalue weighted by atomic mass is 9.75. The van der Waals surface area contributed by atoms with Crippen LogP contribution in [0.25, 0.3) is 0 Å². The van der Waals surface area contributed by atoms with Crippen molar-refractivity contribution in [3.05, 3.63) is 0 Å². The van der Waals surface area contributed by atoms with Crippen molar-refractivity contribution in [3.63, 3.8) is 0 Å². The molecule has 0 amide bonds. The molecule has 0 saturated heterocycles. The van der Waals surface area contributed by atoms with E-state index in [1.54, 1.807) is 7.11 Å². The zero-order valence-electron chi connectivity index (χ0n) is 10.1. The fourth-order valence-electron chi connectivity index (χ4n) is 2.53. The maximum Gasteiger partial charge on any atom is 0.0589 e. The molecule has 2 nitrogen and oxygen atoms in total. The van der Waals surface area contributed by atoms with E-state index in [0.29, 0.717) is 5.41 Å². The van der Waals surface area contributed by atoms with E-state index in [2.05, 4.69) is 27.9 Å². The molecule has 1 aliphatic carbocycles.